The van der Waals surface area contributed by atoms with E-state index in [0.717, 1.165) is 47.5 Å². The number of hydrogen-bond acceptors (Lipinski definition) is 2. The Balaban J connectivity index is 1.67. The second-order valence-electron chi connectivity index (χ2n) is 6.60. The van der Waals surface area contributed by atoms with Crippen LogP contribution in [0.25, 0.3) is 10.9 Å². The number of carboxylic acids is 1. The Kier molecular flexibility index (Phi) is 4.47. The Morgan fingerprint density at radius 2 is 1.81 bits per heavy atom. The van der Waals surface area contributed by atoms with Crippen LogP contribution in [0.4, 0.5) is 0 Å². The predicted molar refractivity (Wildman–Crippen MR) is 107 cm³/mol. The van der Waals surface area contributed by atoms with E-state index in [4.69, 9.17) is 12.2 Å². The molecular weight excluding hydrogens is 344 g/mol. The summed E-state index contributed by atoms with van der Waals surface area (Å²) in [5.74, 6) is -0.849. The molecule has 0 bridgehead atoms. The number of rotatable bonds is 5. The molecule has 0 unspecified atom stereocenters. The number of fused-ring (bicyclic) bond motifs is 3. The Morgan fingerprint density at radius 3 is 2.58 bits per heavy atom. The molecule has 0 fully saturated rings. The van der Waals surface area contributed by atoms with E-state index in [1.165, 1.54) is 11.1 Å². The van der Waals surface area contributed by atoms with Crippen LogP contribution in [-0.2, 0) is 24.2 Å². The summed E-state index contributed by atoms with van der Waals surface area (Å²) in [5.41, 5.74) is 4.32. The third-order valence-electron chi connectivity index (χ3n) is 5.00. The standard InChI is InChI=1S/C21H20N2O2S/c24-19(25)14-23-18-9-5-4-8-16(18)17-11-13-22(21(26)20(17)23)12-10-15-6-2-1-3-7-15/h1-9H,10-14H2,(H,24,25). The highest BCUT2D eigenvalue weighted by molar-refractivity contribution is 7.80. The predicted octanol–water partition coefficient (Wildman–Crippen LogP) is 3.50. The highest BCUT2D eigenvalue weighted by Gasteiger charge is 2.28. The van der Waals surface area contributed by atoms with E-state index in [1.807, 2.05) is 41.0 Å². The Bertz CT molecular complexity index is 978. The first-order valence-electron chi connectivity index (χ1n) is 8.80. The number of benzene rings is 2. The lowest BCUT2D eigenvalue weighted by atomic mass is 10.0. The van der Waals surface area contributed by atoms with Crippen molar-refractivity contribution in [2.45, 2.75) is 19.4 Å². The lowest BCUT2D eigenvalue weighted by Gasteiger charge is -2.31. The molecule has 5 heteroatoms. The molecule has 2 heterocycles. The van der Waals surface area contributed by atoms with Gasteiger partial charge in [-0.2, -0.15) is 0 Å². The SMILES string of the molecule is O=C(O)Cn1c2c(c3ccccc31)CCN(CCc1ccccc1)C2=S. The summed E-state index contributed by atoms with van der Waals surface area (Å²) in [5, 5.41) is 10.5. The van der Waals surface area contributed by atoms with Gasteiger partial charge in [0, 0.05) is 24.0 Å². The molecule has 1 aliphatic heterocycles. The zero-order chi connectivity index (χ0) is 18.1. The van der Waals surface area contributed by atoms with E-state index in [9.17, 15) is 9.90 Å². The molecule has 1 N–H and O–H groups in total. The maximum atomic E-state index is 11.4. The lowest BCUT2D eigenvalue weighted by molar-refractivity contribution is -0.137. The van der Waals surface area contributed by atoms with Crippen molar-refractivity contribution in [3.8, 4) is 0 Å². The van der Waals surface area contributed by atoms with Crippen molar-refractivity contribution in [2.24, 2.45) is 0 Å². The molecule has 1 aliphatic rings. The average molecular weight is 364 g/mol. The summed E-state index contributed by atoms with van der Waals surface area (Å²) < 4.78 is 1.87. The minimum absolute atomic E-state index is 0.0670. The molecule has 0 atom stereocenters. The van der Waals surface area contributed by atoms with Crippen molar-refractivity contribution in [3.05, 3.63) is 71.4 Å². The number of para-hydroxylation sites is 1. The van der Waals surface area contributed by atoms with Gasteiger partial charge >= 0.3 is 5.97 Å². The van der Waals surface area contributed by atoms with Crippen molar-refractivity contribution in [2.75, 3.05) is 13.1 Å². The van der Waals surface area contributed by atoms with Gasteiger partial charge < -0.3 is 14.6 Å². The van der Waals surface area contributed by atoms with Gasteiger partial charge in [0.2, 0.25) is 0 Å². The molecule has 0 spiro atoms. The van der Waals surface area contributed by atoms with Gasteiger partial charge in [0.05, 0.1) is 5.69 Å². The molecule has 2 aromatic carbocycles. The first kappa shape index (κ1) is 16.8. The van der Waals surface area contributed by atoms with E-state index >= 15 is 0 Å². The summed E-state index contributed by atoms with van der Waals surface area (Å²) in [7, 11) is 0. The number of thiocarbonyl (C=S) groups is 1. The number of carboxylic acid groups (broad SMARTS) is 1. The van der Waals surface area contributed by atoms with Crippen LogP contribution in [0.5, 0.6) is 0 Å². The second-order valence-corrected chi connectivity index (χ2v) is 6.99. The summed E-state index contributed by atoms with van der Waals surface area (Å²) >= 11 is 5.79. The minimum atomic E-state index is -0.849. The molecule has 3 aromatic rings. The van der Waals surface area contributed by atoms with Gasteiger partial charge in [-0.3, -0.25) is 4.79 Å². The van der Waals surface area contributed by atoms with Crippen molar-refractivity contribution in [3.63, 3.8) is 0 Å². The van der Waals surface area contributed by atoms with Crippen molar-refractivity contribution in [1.29, 1.82) is 0 Å². The Morgan fingerprint density at radius 1 is 1.08 bits per heavy atom. The van der Waals surface area contributed by atoms with Crippen LogP contribution >= 0.6 is 12.2 Å². The topological polar surface area (TPSA) is 45.5 Å². The number of aromatic nitrogens is 1. The largest absolute Gasteiger partial charge is 0.480 e. The minimum Gasteiger partial charge on any atom is -0.480 e. The van der Waals surface area contributed by atoms with Gasteiger partial charge in [0.1, 0.15) is 11.5 Å². The molecule has 4 rings (SSSR count). The van der Waals surface area contributed by atoms with E-state index < -0.39 is 5.97 Å². The Hall–Kier alpha value is -2.66. The maximum absolute atomic E-state index is 11.4. The summed E-state index contributed by atoms with van der Waals surface area (Å²) in [6, 6.07) is 18.4. The van der Waals surface area contributed by atoms with Gasteiger partial charge in [-0.25, -0.2) is 0 Å². The first-order chi connectivity index (χ1) is 12.6. The van der Waals surface area contributed by atoms with Crippen molar-refractivity contribution < 1.29 is 9.90 Å². The van der Waals surface area contributed by atoms with Crippen LogP contribution in [0, 0.1) is 0 Å². The zero-order valence-corrected chi connectivity index (χ0v) is 15.2. The molecule has 0 aliphatic carbocycles. The fourth-order valence-electron chi connectivity index (χ4n) is 3.79. The van der Waals surface area contributed by atoms with E-state index in [-0.39, 0.29) is 6.54 Å². The van der Waals surface area contributed by atoms with Crippen molar-refractivity contribution >= 4 is 34.1 Å². The number of carbonyl (C=O) groups is 1. The van der Waals surface area contributed by atoms with Crippen molar-refractivity contribution in [1.82, 2.24) is 9.47 Å². The van der Waals surface area contributed by atoms with Gasteiger partial charge in [0.25, 0.3) is 0 Å². The highest BCUT2D eigenvalue weighted by atomic mass is 32.1. The molecule has 0 saturated heterocycles. The fourth-order valence-corrected chi connectivity index (χ4v) is 4.21. The number of nitrogens with zero attached hydrogens (tertiary/aromatic N) is 2. The monoisotopic (exact) mass is 364 g/mol. The smallest absolute Gasteiger partial charge is 0.323 e. The molecule has 0 saturated carbocycles. The quantitative estimate of drug-likeness (QED) is 0.704. The van der Waals surface area contributed by atoms with Gasteiger partial charge in [-0.05, 0) is 30.0 Å². The Labute approximate surface area is 157 Å². The molecule has 0 amide bonds. The van der Waals surface area contributed by atoms with Gasteiger partial charge in [0.15, 0.2) is 0 Å². The zero-order valence-electron chi connectivity index (χ0n) is 14.4. The third-order valence-corrected chi connectivity index (χ3v) is 5.46. The number of aliphatic carboxylic acids is 1. The number of hydrogen-bond donors (Lipinski definition) is 1. The van der Waals surface area contributed by atoms with E-state index in [1.54, 1.807) is 0 Å². The van der Waals surface area contributed by atoms with Crippen LogP contribution in [-0.4, -0.2) is 38.6 Å². The molecule has 4 nitrogen and oxygen atoms in total. The second kappa shape index (κ2) is 6.92. The molecule has 132 valence electrons. The van der Waals surface area contributed by atoms with Crippen LogP contribution in [0.3, 0.4) is 0 Å². The summed E-state index contributed by atoms with van der Waals surface area (Å²) in [4.78, 5) is 14.4. The normalized spacial score (nSPS) is 13.8. The average Bonchev–Trinajstić information content (AvgIpc) is 2.96. The van der Waals surface area contributed by atoms with Crippen LogP contribution in [0.2, 0.25) is 0 Å². The maximum Gasteiger partial charge on any atom is 0.323 e. The first-order valence-corrected chi connectivity index (χ1v) is 9.21. The highest BCUT2D eigenvalue weighted by Crippen LogP contribution is 2.31. The fraction of sp³-hybridized carbons (Fsp3) is 0.238. The van der Waals surface area contributed by atoms with E-state index in [2.05, 4.69) is 23.1 Å². The van der Waals surface area contributed by atoms with Crippen LogP contribution < -0.4 is 0 Å². The van der Waals surface area contributed by atoms with Crippen LogP contribution in [0.15, 0.2) is 54.6 Å². The molecule has 1 aromatic heterocycles. The lowest BCUT2D eigenvalue weighted by Crippen LogP contribution is -2.39. The van der Waals surface area contributed by atoms with Gasteiger partial charge in [-0.1, -0.05) is 60.7 Å². The van der Waals surface area contributed by atoms with E-state index in [0.29, 0.717) is 0 Å². The molecule has 26 heavy (non-hydrogen) atoms. The summed E-state index contributed by atoms with van der Waals surface area (Å²) in [6.07, 6.45) is 1.81. The van der Waals surface area contributed by atoms with Gasteiger partial charge in [-0.15, -0.1) is 0 Å². The van der Waals surface area contributed by atoms with Crippen LogP contribution in [0.1, 0.15) is 16.8 Å². The third kappa shape index (κ3) is 2.99. The summed E-state index contributed by atoms with van der Waals surface area (Å²) in [6.45, 7) is 1.65. The molecule has 0 radical (unpaired) electrons. The molecular formula is C21H20N2O2S.